The molecule has 1 heterocycles. The molecule has 0 saturated carbocycles. The lowest BCUT2D eigenvalue weighted by atomic mass is 10.1. The Hall–Kier alpha value is -0.570. The molecule has 3 nitrogen and oxygen atoms in total. The summed E-state index contributed by atoms with van der Waals surface area (Å²) in [4.78, 5) is 4.30. The van der Waals surface area contributed by atoms with Gasteiger partial charge in [-0.1, -0.05) is 45.4 Å². The van der Waals surface area contributed by atoms with Gasteiger partial charge in [0.05, 0.1) is 6.61 Å². The van der Waals surface area contributed by atoms with Crippen LogP contribution in [0, 0.1) is 0 Å². The first-order valence-corrected chi connectivity index (χ1v) is 6.67. The topological polar surface area (TPSA) is 41.8 Å². The van der Waals surface area contributed by atoms with Crippen LogP contribution in [0.25, 0.3) is 0 Å². The Labute approximate surface area is 98.9 Å². The molecule has 1 N–H and O–H groups in total. The van der Waals surface area contributed by atoms with E-state index in [1.54, 1.807) is 0 Å². The number of aliphatic hydroxyl groups excluding tert-OH is 1. The Kier molecular flexibility index (Phi) is 7.23. The predicted molar refractivity (Wildman–Crippen MR) is 66.9 cm³/mol. The summed E-state index contributed by atoms with van der Waals surface area (Å²) in [5, 5.41) is 8.89. The predicted octanol–water partition coefficient (Wildman–Crippen LogP) is 2.92. The number of aliphatic imine (C=N–C) groups is 1. The fourth-order valence-electron chi connectivity index (χ4n) is 1.93. The Morgan fingerprint density at radius 1 is 1.19 bits per heavy atom. The third-order valence-corrected chi connectivity index (χ3v) is 2.97. The molecule has 1 aliphatic heterocycles. The highest BCUT2D eigenvalue weighted by Crippen LogP contribution is 2.12. The number of hydrogen-bond donors (Lipinski definition) is 1. The number of aliphatic hydroxyl groups is 1. The van der Waals surface area contributed by atoms with Gasteiger partial charge in [0.25, 0.3) is 0 Å². The number of rotatable bonds is 9. The minimum absolute atomic E-state index is 0.000413. The zero-order valence-electron chi connectivity index (χ0n) is 10.5. The smallest absolute Gasteiger partial charge is 0.183 e. The lowest BCUT2D eigenvalue weighted by molar-refractivity contribution is 0.226. The maximum atomic E-state index is 8.89. The van der Waals surface area contributed by atoms with Crippen molar-refractivity contribution in [2.45, 2.75) is 64.3 Å². The highest BCUT2D eigenvalue weighted by atomic mass is 16.5. The highest BCUT2D eigenvalue weighted by molar-refractivity contribution is 5.77. The third kappa shape index (κ3) is 5.50. The number of ether oxygens (including phenoxy) is 1. The molecule has 1 unspecified atom stereocenters. The van der Waals surface area contributed by atoms with Crippen molar-refractivity contribution in [2.24, 2.45) is 4.99 Å². The lowest BCUT2D eigenvalue weighted by Gasteiger charge is -2.01. The van der Waals surface area contributed by atoms with Gasteiger partial charge in [-0.05, 0) is 6.42 Å². The molecule has 0 radical (unpaired) electrons. The van der Waals surface area contributed by atoms with E-state index in [1.807, 2.05) is 0 Å². The molecular weight excluding hydrogens is 202 g/mol. The van der Waals surface area contributed by atoms with Crippen LogP contribution in [-0.4, -0.2) is 30.3 Å². The standard InChI is InChI=1S/C13H25NO2/c1-2-3-4-5-6-7-8-9-13-14-12(10-15)11-16-13/h12,15H,2-11H2,1H3. The molecule has 1 atom stereocenters. The van der Waals surface area contributed by atoms with Gasteiger partial charge in [0.15, 0.2) is 5.90 Å². The number of nitrogens with zero attached hydrogens (tertiary/aromatic N) is 1. The van der Waals surface area contributed by atoms with Gasteiger partial charge in [-0.15, -0.1) is 0 Å². The van der Waals surface area contributed by atoms with Gasteiger partial charge in [0, 0.05) is 6.42 Å². The van der Waals surface area contributed by atoms with Crippen molar-refractivity contribution in [3.8, 4) is 0 Å². The van der Waals surface area contributed by atoms with Crippen molar-refractivity contribution < 1.29 is 9.84 Å². The quantitative estimate of drug-likeness (QED) is 0.615. The molecule has 0 aromatic rings. The molecule has 0 fully saturated rings. The average molecular weight is 227 g/mol. The van der Waals surface area contributed by atoms with Gasteiger partial charge in [-0.25, -0.2) is 4.99 Å². The van der Waals surface area contributed by atoms with E-state index in [-0.39, 0.29) is 12.6 Å². The van der Waals surface area contributed by atoms with Crippen LogP contribution < -0.4 is 0 Å². The van der Waals surface area contributed by atoms with Crippen LogP contribution >= 0.6 is 0 Å². The van der Waals surface area contributed by atoms with Gasteiger partial charge in [-0.2, -0.15) is 0 Å². The summed E-state index contributed by atoms with van der Waals surface area (Å²) < 4.78 is 5.39. The van der Waals surface area contributed by atoms with E-state index in [9.17, 15) is 0 Å². The number of hydrogen-bond acceptors (Lipinski definition) is 3. The van der Waals surface area contributed by atoms with E-state index in [0.29, 0.717) is 6.61 Å². The monoisotopic (exact) mass is 227 g/mol. The fourth-order valence-corrected chi connectivity index (χ4v) is 1.93. The molecule has 1 aliphatic rings. The summed E-state index contributed by atoms with van der Waals surface area (Å²) in [6, 6.07) is -0.000413. The molecule has 16 heavy (non-hydrogen) atoms. The second-order valence-corrected chi connectivity index (χ2v) is 4.54. The van der Waals surface area contributed by atoms with Gasteiger partial charge in [0.1, 0.15) is 12.6 Å². The Balaban J connectivity index is 1.91. The molecular formula is C13H25NO2. The molecule has 0 aliphatic carbocycles. The van der Waals surface area contributed by atoms with Crippen molar-refractivity contribution in [2.75, 3.05) is 13.2 Å². The first-order valence-electron chi connectivity index (χ1n) is 6.67. The van der Waals surface area contributed by atoms with Crippen LogP contribution in [0.2, 0.25) is 0 Å². The second-order valence-electron chi connectivity index (χ2n) is 4.54. The van der Waals surface area contributed by atoms with Crippen molar-refractivity contribution in [3.63, 3.8) is 0 Å². The fraction of sp³-hybridized carbons (Fsp3) is 0.923. The summed E-state index contributed by atoms with van der Waals surface area (Å²) in [5.41, 5.74) is 0. The molecule has 0 saturated heterocycles. The summed E-state index contributed by atoms with van der Waals surface area (Å²) in [7, 11) is 0. The third-order valence-electron chi connectivity index (χ3n) is 2.97. The Morgan fingerprint density at radius 2 is 1.88 bits per heavy atom. The molecule has 0 aromatic heterocycles. The largest absolute Gasteiger partial charge is 0.479 e. The van der Waals surface area contributed by atoms with Crippen molar-refractivity contribution >= 4 is 5.90 Å². The zero-order valence-corrected chi connectivity index (χ0v) is 10.5. The Morgan fingerprint density at radius 3 is 2.50 bits per heavy atom. The molecule has 1 rings (SSSR count). The van der Waals surface area contributed by atoms with E-state index < -0.39 is 0 Å². The van der Waals surface area contributed by atoms with Gasteiger partial charge in [-0.3, -0.25) is 0 Å². The molecule has 3 heteroatoms. The highest BCUT2D eigenvalue weighted by Gasteiger charge is 2.16. The minimum atomic E-state index is -0.000413. The van der Waals surface area contributed by atoms with Gasteiger partial charge in [0.2, 0.25) is 0 Å². The Bertz CT molecular complexity index is 204. The van der Waals surface area contributed by atoms with E-state index in [1.165, 1.54) is 44.9 Å². The van der Waals surface area contributed by atoms with E-state index in [0.717, 1.165) is 12.3 Å². The van der Waals surface area contributed by atoms with E-state index >= 15 is 0 Å². The first-order chi connectivity index (χ1) is 7.86. The maximum Gasteiger partial charge on any atom is 0.183 e. The van der Waals surface area contributed by atoms with Crippen LogP contribution in [0.3, 0.4) is 0 Å². The lowest BCUT2D eigenvalue weighted by Crippen LogP contribution is -2.10. The zero-order chi connectivity index (χ0) is 11.6. The van der Waals surface area contributed by atoms with Crippen LogP contribution in [0.1, 0.15) is 58.3 Å². The minimum Gasteiger partial charge on any atom is -0.479 e. The van der Waals surface area contributed by atoms with Crippen LogP contribution in [0.15, 0.2) is 4.99 Å². The summed E-state index contributed by atoms with van der Waals surface area (Å²) in [6.45, 7) is 2.93. The molecule has 0 aromatic carbocycles. The van der Waals surface area contributed by atoms with Crippen molar-refractivity contribution in [1.82, 2.24) is 0 Å². The second kappa shape index (κ2) is 8.57. The summed E-state index contributed by atoms with van der Waals surface area (Å²) in [6.07, 6.45) is 10.1. The molecule has 94 valence electrons. The summed E-state index contributed by atoms with van der Waals surface area (Å²) in [5.74, 6) is 0.854. The maximum absolute atomic E-state index is 8.89. The number of unbranched alkanes of at least 4 members (excludes halogenated alkanes) is 6. The molecule has 0 spiro atoms. The SMILES string of the molecule is CCCCCCCCCC1=NC(CO)CO1. The van der Waals surface area contributed by atoms with Crippen LogP contribution in [0.4, 0.5) is 0 Å². The van der Waals surface area contributed by atoms with E-state index in [2.05, 4.69) is 11.9 Å². The first kappa shape index (κ1) is 13.5. The van der Waals surface area contributed by atoms with Gasteiger partial charge >= 0.3 is 0 Å². The van der Waals surface area contributed by atoms with Gasteiger partial charge < -0.3 is 9.84 Å². The molecule has 0 bridgehead atoms. The molecule has 0 amide bonds. The van der Waals surface area contributed by atoms with Crippen LogP contribution in [0.5, 0.6) is 0 Å². The normalized spacial score (nSPS) is 19.6. The van der Waals surface area contributed by atoms with E-state index in [4.69, 9.17) is 9.84 Å². The average Bonchev–Trinajstić information content (AvgIpc) is 2.76. The van der Waals surface area contributed by atoms with Crippen molar-refractivity contribution in [1.29, 1.82) is 0 Å². The summed E-state index contributed by atoms with van der Waals surface area (Å²) >= 11 is 0. The van der Waals surface area contributed by atoms with Crippen LogP contribution in [-0.2, 0) is 4.74 Å². The van der Waals surface area contributed by atoms with Crippen molar-refractivity contribution in [3.05, 3.63) is 0 Å².